The van der Waals surface area contributed by atoms with E-state index in [1.54, 1.807) is 24.4 Å². The van der Waals surface area contributed by atoms with Crippen LogP contribution in [0.3, 0.4) is 0 Å². The number of ether oxygens (including phenoxy) is 1. The third kappa shape index (κ3) is 3.51. The lowest BCUT2D eigenvalue weighted by atomic mass is 10.3. The zero-order valence-electron chi connectivity index (χ0n) is 8.93. The van der Waals surface area contributed by atoms with E-state index in [9.17, 15) is 9.59 Å². The Morgan fingerprint density at radius 2 is 2.44 bits per heavy atom. The lowest BCUT2D eigenvalue weighted by Gasteiger charge is -2.11. The number of nitrogens with one attached hydrogen (secondary N) is 1. The molecule has 1 rings (SSSR count). The molecular formula is C11H13NO3S. The van der Waals surface area contributed by atoms with Crippen LogP contribution in [0, 0.1) is 0 Å². The maximum absolute atomic E-state index is 11.6. The van der Waals surface area contributed by atoms with E-state index in [4.69, 9.17) is 4.74 Å². The molecule has 0 saturated heterocycles. The molecule has 1 unspecified atom stereocenters. The second kappa shape index (κ2) is 6.07. The first-order valence-corrected chi connectivity index (χ1v) is 5.65. The zero-order valence-corrected chi connectivity index (χ0v) is 9.75. The van der Waals surface area contributed by atoms with Gasteiger partial charge < -0.3 is 10.1 Å². The number of thiophene rings is 1. The molecule has 1 atom stereocenters. The molecule has 1 amide bonds. The number of rotatable bonds is 5. The zero-order chi connectivity index (χ0) is 12.0. The van der Waals surface area contributed by atoms with Crippen LogP contribution in [0.2, 0.25) is 0 Å². The number of amides is 1. The molecule has 0 fully saturated rings. The van der Waals surface area contributed by atoms with Crippen LogP contribution in [-0.4, -0.2) is 24.5 Å². The minimum absolute atomic E-state index is 0.151. The van der Waals surface area contributed by atoms with Gasteiger partial charge in [-0.1, -0.05) is 18.7 Å². The molecule has 1 aromatic heterocycles. The molecule has 5 heteroatoms. The van der Waals surface area contributed by atoms with Crippen molar-refractivity contribution in [2.75, 3.05) is 6.61 Å². The smallest absolute Gasteiger partial charge is 0.328 e. The monoisotopic (exact) mass is 239 g/mol. The second-order valence-electron chi connectivity index (χ2n) is 3.09. The van der Waals surface area contributed by atoms with Crippen molar-refractivity contribution < 1.29 is 14.3 Å². The first-order chi connectivity index (χ1) is 7.65. The summed E-state index contributed by atoms with van der Waals surface area (Å²) in [5.74, 6) is -0.733. The first kappa shape index (κ1) is 12.4. The van der Waals surface area contributed by atoms with Gasteiger partial charge in [0.15, 0.2) is 0 Å². The topological polar surface area (TPSA) is 55.4 Å². The second-order valence-corrected chi connectivity index (χ2v) is 4.04. The molecule has 0 aliphatic carbocycles. The number of carbonyl (C=O) groups is 2. The Labute approximate surface area is 97.9 Å². The van der Waals surface area contributed by atoms with Gasteiger partial charge in [-0.15, -0.1) is 11.3 Å². The van der Waals surface area contributed by atoms with Gasteiger partial charge in [0.1, 0.15) is 12.6 Å². The van der Waals surface area contributed by atoms with Gasteiger partial charge >= 0.3 is 5.97 Å². The third-order valence-electron chi connectivity index (χ3n) is 1.79. The molecule has 0 aliphatic heterocycles. The molecule has 1 N–H and O–H groups in total. The highest BCUT2D eigenvalue weighted by Gasteiger charge is 2.17. The number of carbonyl (C=O) groups excluding carboxylic acids is 2. The summed E-state index contributed by atoms with van der Waals surface area (Å²) in [7, 11) is 0. The van der Waals surface area contributed by atoms with Crippen LogP contribution in [-0.2, 0) is 9.53 Å². The first-order valence-electron chi connectivity index (χ1n) is 4.77. The predicted molar refractivity (Wildman–Crippen MR) is 62.4 cm³/mol. The Balaban J connectivity index is 2.45. The fraction of sp³-hybridized carbons (Fsp3) is 0.273. The van der Waals surface area contributed by atoms with E-state index in [0.29, 0.717) is 4.88 Å². The standard InChI is InChI=1S/C11H13NO3S/c1-3-6-15-11(14)8(2)12-10(13)9-5-4-7-16-9/h3-5,7-8H,1,6H2,2H3,(H,12,13). The predicted octanol–water partition coefficient (Wildman–Crippen LogP) is 1.60. The molecule has 0 saturated carbocycles. The summed E-state index contributed by atoms with van der Waals surface area (Å²) in [5.41, 5.74) is 0. The van der Waals surface area contributed by atoms with E-state index in [1.165, 1.54) is 17.4 Å². The Morgan fingerprint density at radius 1 is 1.69 bits per heavy atom. The van der Waals surface area contributed by atoms with Crippen molar-refractivity contribution >= 4 is 23.2 Å². The average molecular weight is 239 g/mol. The molecule has 1 heterocycles. The van der Waals surface area contributed by atoms with Crippen molar-refractivity contribution in [3.05, 3.63) is 35.0 Å². The molecule has 0 spiro atoms. The van der Waals surface area contributed by atoms with Crippen LogP contribution < -0.4 is 5.32 Å². The van der Waals surface area contributed by atoms with Gasteiger partial charge in [0.05, 0.1) is 4.88 Å². The van der Waals surface area contributed by atoms with Crippen molar-refractivity contribution in [2.45, 2.75) is 13.0 Å². The highest BCUT2D eigenvalue weighted by atomic mass is 32.1. The van der Waals surface area contributed by atoms with Crippen LogP contribution in [0.25, 0.3) is 0 Å². The fourth-order valence-electron chi connectivity index (χ4n) is 1.00. The highest BCUT2D eigenvalue weighted by Crippen LogP contribution is 2.08. The van der Waals surface area contributed by atoms with Crippen LogP contribution in [0.1, 0.15) is 16.6 Å². The SMILES string of the molecule is C=CCOC(=O)C(C)NC(=O)c1cccs1. The van der Waals surface area contributed by atoms with E-state index in [2.05, 4.69) is 11.9 Å². The maximum Gasteiger partial charge on any atom is 0.328 e. The van der Waals surface area contributed by atoms with E-state index in [1.807, 2.05) is 0 Å². The number of hydrogen-bond acceptors (Lipinski definition) is 4. The number of esters is 1. The lowest BCUT2D eigenvalue weighted by Crippen LogP contribution is -2.39. The van der Waals surface area contributed by atoms with Crippen molar-refractivity contribution in [2.24, 2.45) is 0 Å². The molecule has 4 nitrogen and oxygen atoms in total. The Kier molecular flexibility index (Phi) is 4.72. The summed E-state index contributed by atoms with van der Waals surface area (Å²) in [6, 6.07) is 2.82. The Morgan fingerprint density at radius 3 is 3.00 bits per heavy atom. The summed E-state index contributed by atoms with van der Waals surface area (Å²) < 4.78 is 4.80. The quantitative estimate of drug-likeness (QED) is 0.627. The normalized spacial score (nSPS) is 11.6. The van der Waals surface area contributed by atoms with Gasteiger partial charge in [-0.3, -0.25) is 4.79 Å². The van der Waals surface area contributed by atoms with Crippen molar-refractivity contribution in [3.63, 3.8) is 0 Å². The van der Waals surface area contributed by atoms with Gasteiger partial charge in [0, 0.05) is 0 Å². The minimum atomic E-state index is -0.658. The van der Waals surface area contributed by atoms with Gasteiger partial charge in [0.25, 0.3) is 5.91 Å². The third-order valence-corrected chi connectivity index (χ3v) is 2.66. The Bertz CT molecular complexity index is 373. The molecule has 1 aromatic rings. The van der Waals surface area contributed by atoms with E-state index in [-0.39, 0.29) is 12.5 Å². The van der Waals surface area contributed by atoms with Crippen molar-refractivity contribution in [1.82, 2.24) is 5.32 Å². The summed E-state index contributed by atoms with van der Waals surface area (Å²) in [5, 5.41) is 4.35. The summed E-state index contributed by atoms with van der Waals surface area (Å²) >= 11 is 1.32. The van der Waals surface area contributed by atoms with Crippen LogP contribution in [0.15, 0.2) is 30.2 Å². The minimum Gasteiger partial charge on any atom is -0.460 e. The van der Waals surface area contributed by atoms with Crippen LogP contribution in [0.5, 0.6) is 0 Å². The van der Waals surface area contributed by atoms with E-state index >= 15 is 0 Å². The molecule has 0 aliphatic rings. The van der Waals surface area contributed by atoms with Gasteiger partial charge in [-0.25, -0.2) is 4.79 Å². The molecular weight excluding hydrogens is 226 g/mol. The average Bonchev–Trinajstić information content (AvgIpc) is 2.79. The van der Waals surface area contributed by atoms with Crippen LogP contribution in [0.4, 0.5) is 0 Å². The van der Waals surface area contributed by atoms with Crippen molar-refractivity contribution in [3.8, 4) is 0 Å². The van der Waals surface area contributed by atoms with Gasteiger partial charge in [-0.2, -0.15) is 0 Å². The van der Waals surface area contributed by atoms with Gasteiger partial charge in [0.2, 0.25) is 0 Å². The van der Waals surface area contributed by atoms with Crippen molar-refractivity contribution in [1.29, 1.82) is 0 Å². The summed E-state index contributed by atoms with van der Waals surface area (Å²) in [6.07, 6.45) is 1.48. The highest BCUT2D eigenvalue weighted by molar-refractivity contribution is 7.12. The lowest BCUT2D eigenvalue weighted by molar-refractivity contribution is -0.144. The largest absolute Gasteiger partial charge is 0.460 e. The van der Waals surface area contributed by atoms with E-state index in [0.717, 1.165) is 0 Å². The summed E-state index contributed by atoms with van der Waals surface area (Å²) in [4.78, 5) is 23.5. The molecule has 0 radical (unpaired) electrons. The van der Waals surface area contributed by atoms with E-state index < -0.39 is 12.0 Å². The summed E-state index contributed by atoms with van der Waals surface area (Å²) in [6.45, 7) is 5.16. The Hall–Kier alpha value is -1.62. The number of hydrogen-bond donors (Lipinski definition) is 1. The molecule has 0 aromatic carbocycles. The maximum atomic E-state index is 11.6. The van der Waals surface area contributed by atoms with Crippen LogP contribution >= 0.6 is 11.3 Å². The molecule has 86 valence electrons. The molecule has 16 heavy (non-hydrogen) atoms. The molecule has 0 bridgehead atoms. The van der Waals surface area contributed by atoms with Gasteiger partial charge in [-0.05, 0) is 18.4 Å². The fourth-order valence-corrected chi connectivity index (χ4v) is 1.63.